The Balaban J connectivity index is 2.39. The van der Waals surface area contributed by atoms with Gasteiger partial charge < -0.3 is 10.1 Å². The van der Waals surface area contributed by atoms with Gasteiger partial charge in [0.1, 0.15) is 0 Å². The van der Waals surface area contributed by atoms with Gasteiger partial charge in [0.15, 0.2) is 11.9 Å². The van der Waals surface area contributed by atoms with Crippen LogP contribution < -0.4 is 5.32 Å². The number of esters is 1. The molecule has 1 N–H and O–H groups in total. The molecule has 0 heterocycles. The predicted molar refractivity (Wildman–Crippen MR) is 91.5 cm³/mol. The van der Waals surface area contributed by atoms with Crippen molar-refractivity contribution in [2.24, 2.45) is 0 Å². The first-order valence-electron chi connectivity index (χ1n) is 6.81. The Morgan fingerprint density at radius 2 is 1.91 bits per heavy atom. The van der Waals surface area contributed by atoms with Crippen molar-refractivity contribution in [1.29, 1.82) is 0 Å². The van der Waals surface area contributed by atoms with E-state index in [4.69, 9.17) is 4.74 Å². The first kappa shape index (κ1) is 18.3. The zero-order valence-electron chi connectivity index (χ0n) is 12.3. The van der Waals surface area contributed by atoms with Gasteiger partial charge in [0.05, 0.1) is 6.42 Å². The number of ketones is 1. The molecular weight excluding hydrogens is 397 g/mol. The summed E-state index contributed by atoms with van der Waals surface area (Å²) in [6.07, 6.45) is 0.650. The maximum Gasteiger partial charge on any atom is 0.307 e. The molecule has 0 spiro atoms. The van der Waals surface area contributed by atoms with Gasteiger partial charge in [-0.2, -0.15) is 0 Å². The van der Waals surface area contributed by atoms with Crippen molar-refractivity contribution in [3.05, 3.63) is 46.1 Å². The molecule has 0 aliphatic rings. The van der Waals surface area contributed by atoms with Crippen LogP contribution in [0.25, 0.3) is 0 Å². The number of benzene rings is 1. The average Bonchev–Trinajstić information content (AvgIpc) is 2.50. The van der Waals surface area contributed by atoms with Gasteiger partial charge in [-0.15, -0.1) is 6.58 Å². The van der Waals surface area contributed by atoms with Gasteiger partial charge in [0, 0.05) is 22.1 Å². The van der Waals surface area contributed by atoms with Crippen LogP contribution in [0.4, 0.5) is 0 Å². The van der Waals surface area contributed by atoms with Gasteiger partial charge >= 0.3 is 5.97 Å². The molecule has 0 bridgehead atoms. The van der Waals surface area contributed by atoms with E-state index in [9.17, 15) is 14.4 Å². The van der Waals surface area contributed by atoms with E-state index < -0.39 is 18.0 Å². The number of rotatable bonds is 8. The maximum absolute atomic E-state index is 11.9. The summed E-state index contributed by atoms with van der Waals surface area (Å²) >= 11 is 2.15. The van der Waals surface area contributed by atoms with Crippen molar-refractivity contribution < 1.29 is 19.1 Å². The monoisotopic (exact) mass is 415 g/mol. The van der Waals surface area contributed by atoms with Crippen LogP contribution in [-0.4, -0.2) is 30.3 Å². The molecule has 118 valence electrons. The van der Waals surface area contributed by atoms with Gasteiger partial charge in [-0.25, -0.2) is 0 Å². The molecule has 0 saturated carbocycles. The summed E-state index contributed by atoms with van der Waals surface area (Å²) in [4.78, 5) is 35.1. The van der Waals surface area contributed by atoms with E-state index in [1.165, 1.54) is 13.0 Å². The van der Waals surface area contributed by atoms with Gasteiger partial charge in [-0.1, -0.05) is 18.2 Å². The Morgan fingerprint density at radius 1 is 1.27 bits per heavy atom. The van der Waals surface area contributed by atoms with Gasteiger partial charge in [-0.05, 0) is 41.6 Å². The number of Topliss-reactive ketones (excluding diaryl/α,β-unsaturated/α-hetero) is 1. The fourth-order valence-electron chi connectivity index (χ4n) is 1.62. The molecule has 0 aromatic heterocycles. The summed E-state index contributed by atoms with van der Waals surface area (Å²) in [7, 11) is 0. The van der Waals surface area contributed by atoms with Crippen LogP contribution in [0.3, 0.4) is 0 Å². The second-order valence-electron chi connectivity index (χ2n) is 4.60. The first-order valence-corrected chi connectivity index (χ1v) is 7.88. The summed E-state index contributed by atoms with van der Waals surface area (Å²) in [6, 6.07) is 7.11. The lowest BCUT2D eigenvalue weighted by Crippen LogP contribution is -2.35. The number of carbonyl (C=O) groups excluding carboxylic acids is 3. The Hall–Kier alpha value is -1.70. The summed E-state index contributed by atoms with van der Waals surface area (Å²) in [5.74, 6) is -1.09. The predicted octanol–water partition coefficient (Wildman–Crippen LogP) is 2.49. The van der Waals surface area contributed by atoms with Crippen LogP contribution in [0, 0.1) is 3.57 Å². The molecular formula is C16H18INO4. The summed E-state index contributed by atoms with van der Waals surface area (Å²) in [5, 5.41) is 2.53. The molecule has 0 aliphatic heterocycles. The average molecular weight is 415 g/mol. The quantitative estimate of drug-likeness (QED) is 0.307. The largest absolute Gasteiger partial charge is 0.453 e. The SMILES string of the molecule is C=CCNC(=O)[C@H](C)OC(=O)CCC(=O)c1ccc(I)cc1. The Morgan fingerprint density at radius 3 is 2.50 bits per heavy atom. The van der Waals surface area contributed by atoms with Crippen molar-refractivity contribution in [2.45, 2.75) is 25.9 Å². The molecule has 0 unspecified atom stereocenters. The third kappa shape index (κ3) is 6.38. The highest BCUT2D eigenvalue weighted by atomic mass is 127. The molecule has 6 heteroatoms. The number of carbonyl (C=O) groups is 3. The first-order chi connectivity index (χ1) is 10.4. The third-order valence-corrected chi connectivity index (χ3v) is 3.54. The van der Waals surface area contributed by atoms with Crippen LogP contribution in [0.1, 0.15) is 30.1 Å². The number of nitrogens with one attached hydrogen (secondary N) is 1. The van der Waals surface area contributed by atoms with Crippen molar-refractivity contribution in [1.82, 2.24) is 5.32 Å². The minimum Gasteiger partial charge on any atom is -0.453 e. The Labute approximate surface area is 143 Å². The highest BCUT2D eigenvalue weighted by molar-refractivity contribution is 14.1. The standard InChI is InChI=1S/C16H18INO4/c1-3-10-18-16(21)11(2)22-15(20)9-8-14(19)12-4-6-13(17)7-5-12/h3-7,11H,1,8-10H2,2H3,(H,18,21)/t11-/m0/s1. The van der Waals surface area contributed by atoms with E-state index in [1.807, 2.05) is 12.1 Å². The highest BCUT2D eigenvalue weighted by Gasteiger charge is 2.18. The summed E-state index contributed by atoms with van der Waals surface area (Å²) in [5.41, 5.74) is 0.560. The lowest BCUT2D eigenvalue weighted by Gasteiger charge is -2.12. The highest BCUT2D eigenvalue weighted by Crippen LogP contribution is 2.10. The van der Waals surface area contributed by atoms with Crippen molar-refractivity contribution in [2.75, 3.05) is 6.54 Å². The summed E-state index contributed by atoms with van der Waals surface area (Å²) in [6.45, 7) is 5.27. The Kier molecular flexibility index (Phi) is 7.79. The van der Waals surface area contributed by atoms with Gasteiger partial charge in [0.25, 0.3) is 5.91 Å². The van der Waals surface area contributed by atoms with E-state index in [1.54, 1.807) is 12.1 Å². The molecule has 1 atom stereocenters. The third-order valence-electron chi connectivity index (χ3n) is 2.82. The second-order valence-corrected chi connectivity index (χ2v) is 5.84. The topological polar surface area (TPSA) is 72.5 Å². The lowest BCUT2D eigenvalue weighted by molar-refractivity contribution is -0.154. The van der Waals surface area contributed by atoms with Crippen LogP contribution >= 0.6 is 22.6 Å². The maximum atomic E-state index is 11.9. The number of halogens is 1. The fraction of sp³-hybridized carbons (Fsp3) is 0.312. The molecule has 22 heavy (non-hydrogen) atoms. The lowest BCUT2D eigenvalue weighted by atomic mass is 10.1. The Bertz CT molecular complexity index is 554. The van der Waals surface area contributed by atoms with Crippen molar-refractivity contribution >= 4 is 40.3 Å². The molecule has 0 fully saturated rings. The molecule has 1 aromatic rings. The molecule has 5 nitrogen and oxygen atoms in total. The number of ether oxygens (including phenoxy) is 1. The van der Waals surface area contributed by atoms with Crippen molar-refractivity contribution in [3.63, 3.8) is 0 Å². The second kappa shape index (κ2) is 9.34. The van der Waals surface area contributed by atoms with E-state index in [0.717, 1.165) is 3.57 Å². The zero-order chi connectivity index (χ0) is 16.5. The minimum atomic E-state index is -0.888. The van der Waals surface area contributed by atoms with Crippen LogP contribution in [0.5, 0.6) is 0 Å². The summed E-state index contributed by atoms with van der Waals surface area (Å²) < 4.78 is 6.01. The normalized spacial score (nSPS) is 11.4. The van der Waals surface area contributed by atoms with E-state index in [2.05, 4.69) is 34.5 Å². The molecule has 1 rings (SSSR count). The fourth-order valence-corrected chi connectivity index (χ4v) is 1.98. The van der Waals surface area contributed by atoms with Crippen LogP contribution in [-0.2, 0) is 14.3 Å². The number of amides is 1. The smallest absolute Gasteiger partial charge is 0.307 e. The molecule has 1 amide bonds. The molecule has 0 aliphatic carbocycles. The van der Waals surface area contributed by atoms with Crippen LogP contribution in [0.15, 0.2) is 36.9 Å². The minimum absolute atomic E-state index is 0.0517. The van der Waals surface area contributed by atoms with E-state index >= 15 is 0 Å². The zero-order valence-corrected chi connectivity index (χ0v) is 14.5. The molecule has 0 radical (unpaired) electrons. The van der Waals surface area contributed by atoms with E-state index in [-0.39, 0.29) is 18.6 Å². The van der Waals surface area contributed by atoms with Crippen LogP contribution in [0.2, 0.25) is 0 Å². The van der Waals surface area contributed by atoms with Gasteiger partial charge in [0.2, 0.25) is 0 Å². The molecule has 0 saturated heterocycles. The van der Waals surface area contributed by atoms with Gasteiger partial charge in [-0.3, -0.25) is 14.4 Å². The molecule has 1 aromatic carbocycles. The number of hydrogen-bond acceptors (Lipinski definition) is 4. The van der Waals surface area contributed by atoms with E-state index in [0.29, 0.717) is 12.1 Å². The number of hydrogen-bond donors (Lipinski definition) is 1. The van der Waals surface area contributed by atoms with Crippen molar-refractivity contribution in [3.8, 4) is 0 Å².